The van der Waals surface area contributed by atoms with Gasteiger partial charge in [0.1, 0.15) is 17.6 Å². The third kappa shape index (κ3) is 3.11. The van der Waals surface area contributed by atoms with Gasteiger partial charge in [-0.2, -0.15) is 0 Å². The van der Waals surface area contributed by atoms with Crippen molar-refractivity contribution in [2.45, 2.75) is 19.3 Å². The zero-order chi connectivity index (χ0) is 13.8. The predicted octanol–water partition coefficient (Wildman–Crippen LogP) is 0.185. The van der Waals surface area contributed by atoms with Gasteiger partial charge in [-0.25, -0.2) is 4.98 Å². The molecule has 1 aliphatic heterocycles. The van der Waals surface area contributed by atoms with E-state index in [9.17, 15) is 9.59 Å². The van der Waals surface area contributed by atoms with Crippen LogP contribution in [0.4, 0.5) is 5.82 Å². The molecule has 1 fully saturated rings. The number of anilines is 1. The number of H-pyrrole nitrogens is 1. The molecule has 1 unspecified atom stereocenters. The number of aromatic nitrogens is 2. The smallest absolute Gasteiger partial charge is 0.314 e. The van der Waals surface area contributed by atoms with Crippen molar-refractivity contribution in [2.24, 2.45) is 0 Å². The number of carboxylic acid groups (broad SMARTS) is 1. The van der Waals surface area contributed by atoms with Gasteiger partial charge in [-0.1, -0.05) is 6.92 Å². The third-order valence-corrected chi connectivity index (χ3v) is 3.12. The Hall–Kier alpha value is -1.89. The minimum absolute atomic E-state index is 0.212. The van der Waals surface area contributed by atoms with Gasteiger partial charge in [0, 0.05) is 19.2 Å². The summed E-state index contributed by atoms with van der Waals surface area (Å²) in [4.78, 5) is 31.5. The summed E-state index contributed by atoms with van der Waals surface area (Å²) in [6.45, 7) is 4.22. The molecule has 0 radical (unpaired) electrons. The van der Waals surface area contributed by atoms with E-state index < -0.39 is 11.9 Å². The molecule has 2 rings (SSSR count). The first-order valence-corrected chi connectivity index (χ1v) is 6.28. The van der Waals surface area contributed by atoms with Crippen LogP contribution in [0.15, 0.2) is 10.9 Å². The number of nitrogens with one attached hydrogen (secondary N) is 1. The third-order valence-electron chi connectivity index (χ3n) is 3.12. The van der Waals surface area contributed by atoms with Crippen molar-refractivity contribution in [3.8, 4) is 0 Å². The van der Waals surface area contributed by atoms with E-state index in [1.54, 1.807) is 6.92 Å². The molecule has 1 aromatic rings. The molecular weight excluding hydrogens is 250 g/mol. The molecule has 1 saturated heterocycles. The maximum atomic E-state index is 11.7. The van der Waals surface area contributed by atoms with E-state index >= 15 is 0 Å². The Morgan fingerprint density at radius 2 is 2.26 bits per heavy atom. The Labute approximate surface area is 110 Å². The van der Waals surface area contributed by atoms with Crippen LogP contribution in [0.2, 0.25) is 0 Å². The van der Waals surface area contributed by atoms with Crippen LogP contribution in [-0.2, 0) is 9.53 Å². The largest absolute Gasteiger partial charge is 0.481 e. The molecule has 0 saturated carbocycles. The van der Waals surface area contributed by atoms with Crippen LogP contribution >= 0.6 is 0 Å². The molecule has 2 N–H and O–H groups in total. The molecule has 104 valence electrons. The van der Waals surface area contributed by atoms with Crippen molar-refractivity contribution in [1.29, 1.82) is 0 Å². The van der Waals surface area contributed by atoms with Gasteiger partial charge >= 0.3 is 5.97 Å². The summed E-state index contributed by atoms with van der Waals surface area (Å²) in [5.41, 5.74) is -0.328. The average molecular weight is 267 g/mol. The normalized spacial score (nSPS) is 17.2. The second-order valence-electron chi connectivity index (χ2n) is 4.39. The molecule has 2 heterocycles. The first-order chi connectivity index (χ1) is 9.11. The Balaban J connectivity index is 2.33. The zero-order valence-corrected chi connectivity index (χ0v) is 10.8. The van der Waals surface area contributed by atoms with Crippen LogP contribution in [0.25, 0.3) is 0 Å². The van der Waals surface area contributed by atoms with Gasteiger partial charge in [-0.05, 0) is 6.42 Å². The number of carboxylic acids is 1. The van der Waals surface area contributed by atoms with Gasteiger partial charge in [-0.3, -0.25) is 9.59 Å². The number of nitrogens with zero attached hydrogens (tertiary/aromatic N) is 2. The molecule has 0 aliphatic carbocycles. The molecule has 0 spiro atoms. The summed E-state index contributed by atoms with van der Waals surface area (Å²) in [5.74, 6) is -1.04. The number of morpholine rings is 1. The summed E-state index contributed by atoms with van der Waals surface area (Å²) in [6, 6.07) is 1.39. The first-order valence-electron chi connectivity index (χ1n) is 6.28. The van der Waals surface area contributed by atoms with Crippen LogP contribution < -0.4 is 10.5 Å². The van der Waals surface area contributed by atoms with Crippen molar-refractivity contribution < 1.29 is 14.6 Å². The number of carbonyl (C=O) groups is 1. The monoisotopic (exact) mass is 267 g/mol. The summed E-state index contributed by atoms with van der Waals surface area (Å²) >= 11 is 0. The first kappa shape index (κ1) is 13.5. The van der Waals surface area contributed by atoms with Crippen LogP contribution in [0.1, 0.15) is 25.1 Å². The number of aromatic amines is 1. The lowest BCUT2D eigenvalue weighted by molar-refractivity contribution is -0.139. The highest BCUT2D eigenvalue weighted by Crippen LogP contribution is 2.18. The second-order valence-corrected chi connectivity index (χ2v) is 4.39. The van der Waals surface area contributed by atoms with Crippen LogP contribution in [-0.4, -0.2) is 47.3 Å². The molecule has 0 bridgehead atoms. The molecule has 7 nitrogen and oxygen atoms in total. The Bertz CT molecular complexity index is 508. The van der Waals surface area contributed by atoms with Crippen molar-refractivity contribution >= 4 is 11.8 Å². The summed E-state index contributed by atoms with van der Waals surface area (Å²) in [7, 11) is 0. The van der Waals surface area contributed by atoms with E-state index in [4.69, 9.17) is 9.84 Å². The van der Waals surface area contributed by atoms with Gasteiger partial charge in [-0.15, -0.1) is 0 Å². The lowest BCUT2D eigenvalue weighted by Gasteiger charge is -2.28. The molecular formula is C12H17N3O4. The predicted molar refractivity (Wildman–Crippen MR) is 68.6 cm³/mol. The fraction of sp³-hybridized carbons (Fsp3) is 0.583. The maximum absolute atomic E-state index is 11.7. The fourth-order valence-electron chi connectivity index (χ4n) is 2.07. The van der Waals surface area contributed by atoms with Gasteiger partial charge < -0.3 is 19.7 Å². The Kier molecular flexibility index (Phi) is 4.16. The van der Waals surface area contributed by atoms with Crippen LogP contribution in [0, 0.1) is 0 Å². The Morgan fingerprint density at radius 1 is 1.58 bits per heavy atom. The van der Waals surface area contributed by atoms with Gasteiger partial charge in [0.05, 0.1) is 13.2 Å². The second kappa shape index (κ2) is 5.83. The molecule has 1 atom stereocenters. The van der Waals surface area contributed by atoms with Crippen molar-refractivity contribution in [2.75, 3.05) is 31.2 Å². The van der Waals surface area contributed by atoms with Crippen LogP contribution in [0.3, 0.4) is 0 Å². The van der Waals surface area contributed by atoms with E-state index in [0.29, 0.717) is 38.5 Å². The fourth-order valence-corrected chi connectivity index (χ4v) is 2.07. The topological polar surface area (TPSA) is 95.5 Å². The number of rotatable bonds is 4. The molecule has 0 aromatic carbocycles. The maximum Gasteiger partial charge on any atom is 0.314 e. The quantitative estimate of drug-likeness (QED) is 0.808. The van der Waals surface area contributed by atoms with E-state index in [1.807, 2.05) is 4.90 Å². The van der Waals surface area contributed by atoms with E-state index in [0.717, 1.165) is 0 Å². The van der Waals surface area contributed by atoms with Crippen molar-refractivity contribution in [3.63, 3.8) is 0 Å². The molecule has 1 aliphatic rings. The molecule has 7 heteroatoms. The minimum atomic E-state index is -0.982. The molecule has 19 heavy (non-hydrogen) atoms. The SMILES string of the molecule is CCC(C(=O)O)c1nc(N2CCOCC2)cc(=O)[nH]1. The highest BCUT2D eigenvalue weighted by atomic mass is 16.5. The minimum Gasteiger partial charge on any atom is -0.481 e. The average Bonchev–Trinajstić information content (AvgIpc) is 2.39. The highest BCUT2D eigenvalue weighted by Gasteiger charge is 2.22. The summed E-state index contributed by atoms with van der Waals surface area (Å²) in [6.07, 6.45) is 0.380. The standard InChI is InChI=1S/C12H17N3O4/c1-2-8(12(17)18)11-13-9(7-10(16)14-11)15-3-5-19-6-4-15/h7-8H,2-6H2,1H3,(H,17,18)(H,13,14,16). The van der Waals surface area contributed by atoms with Crippen molar-refractivity contribution in [1.82, 2.24) is 9.97 Å². The lowest BCUT2D eigenvalue weighted by Crippen LogP contribution is -2.38. The van der Waals surface area contributed by atoms with Gasteiger partial charge in [0.2, 0.25) is 0 Å². The number of hydrogen-bond donors (Lipinski definition) is 2. The molecule has 1 aromatic heterocycles. The molecule has 0 amide bonds. The van der Waals surface area contributed by atoms with E-state index in [1.165, 1.54) is 6.07 Å². The zero-order valence-electron chi connectivity index (χ0n) is 10.8. The van der Waals surface area contributed by atoms with E-state index in [-0.39, 0.29) is 11.4 Å². The van der Waals surface area contributed by atoms with Crippen molar-refractivity contribution in [3.05, 3.63) is 22.2 Å². The number of hydrogen-bond acceptors (Lipinski definition) is 5. The van der Waals surface area contributed by atoms with Gasteiger partial charge in [0.25, 0.3) is 5.56 Å². The highest BCUT2D eigenvalue weighted by molar-refractivity contribution is 5.74. The lowest BCUT2D eigenvalue weighted by atomic mass is 10.1. The van der Waals surface area contributed by atoms with Gasteiger partial charge in [0.15, 0.2) is 0 Å². The van der Waals surface area contributed by atoms with Crippen LogP contribution in [0.5, 0.6) is 0 Å². The summed E-state index contributed by atoms with van der Waals surface area (Å²) < 4.78 is 5.24. The number of ether oxygens (including phenoxy) is 1. The van der Waals surface area contributed by atoms with E-state index in [2.05, 4.69) is 9.97 Å². The Morgan fingerprint density at radius 3 is 2.84 bits per heavy atom. The number of aliphatic carboxylic acids is 1. The summed E-state index contributed by atoms with van der Waals surface area (Å²) in [5, 5.41) is 9.12.